The number of halogens is 2. The van der Waals surface area contributed by atoms with Gasteiger partial charge in [-0.2, -0.15) is 5.10 Å². The summed E-state index contributed by atoms with van der Waals surface area (Å²) in [6.07, 6.45) is 6.94. The predicted molar refractivity (Wildman–Crippen MR) is 122 cm³/mol. The van der Waals surface area contributed by atoms with Crippen LogP contribution in [0.4, 0.5) is 4.39 Å². The van der Waals surface area contributed by atoms with Crippen molar-refractivity contribution in [1.29, 1.82) is 0 Å². The molecule has 0 spiro atoms. The number of benzene rings is 1. The Kier molecular flexibility index (Phi) is 5.43. The highest BCUT2D eigenvalue weighted by Crippen LogP contribution is 2.38. The first-order valence-electron chi connectivity index (χ1n) is 11.6. The van der Waals surface area contributed by atoms with Gasteiger partial charge in [0.1, 0.15) is 17.7 Å². The van der Waals surface area contributed by atoms with Crippen LogP contribution >= 0.6 is 11.6 Å². The SMILES string of the molecule is O=C(c1ccc(F)cc1O[C@H]1C[C@H]2CC[C@@H](C1)N2CCO)N1Cc2nn3cc(Cl)cnc3c2C1. The summed E-state index contributed by atoms with van der Waals surface area (Å²) in [5.41, 5.74) is 2.70. The number of fused-ring (bicyclic) bond motifs is 5. The number of ether oxygens (including phenoxy) is 1. The Morgan fingerprint density at radius 1 is 1.24 bits per heavy atom. The van der Waals surface area contributed by atoms with E-state index in [0.717, 1.165) is 36.9 Å². The van der Waals surface area contributed by atoms with Crippen molar-refractivity contribution in [1.82, 2.24) is 24.4 Å². The smallest absolute Gasteiger partial charge is 0.258 e. The minimum absolute atomic E-state index is 0.0882. The molecule has 3 aromatic rings. The molecular weight excluding hydrogens is 461 g/mol. The number of rotatable bonds is 5. The van der Waals surface area contributed by atoms with Crippen LogP contribution < -0.4 is 4.74 Å². The highest BCUT2D eigenvalue weighted by atomic mass is 35.5. The van der Waals surface area contributed by atoms with Crippen LogP contribution in [-0.4, -0.2) is 66.8 Å². The van der Waals surface area contributed by atoms with Gasteiger partial charge in [-0.05, 0) is 37.8 Å². The normalized spacial score (nSPS) is 24.1. The zero-order valence-corrected chi connectivity index (χ0v) is 19.3. The fourth-order valence-corrected chi connectivity index (χ4v) is 5.93. The van der Waals surface area contributed by atoms with Crippen LogP contribution in [0.2, 0.25) is 5.02 Å². The van der Waals surface area contributed by atoms with Gasteiger partial charge in [-0.15, -0.1) is 0 Å². The molecule has 2 aromatic heterocycles. The van der Waals surface area contributed by atoms with Crippen LogP contribution in [0.1, 0.15) is 47.3 Å². The molecule has 3 aliphatic rings. The molecule has 6 rings (SSSR count). The minimum Gasteiger partial charge on any atom is -0.489 e. The second-order valence-electron chi connectivity index (χ2n) is 9.32. The molecule has 2 saturated heterocycles. The molecular formula is C24H25ClFN5O3. The van der Waals surface area contributed by atoms with Crippen molar-refractivity contribution >= 4 is 23.2 Å². The van der Waals surface area contributed by atoms with Gasteiger partial charge in [0, 0.05) is 36.5 Å². The Labute approximate surface area is 200 Å². The molecule has 0 unspecified atom stereocenters. The maximum absolute atomic E-state index is 14.2. The van der Waals surface area contributed by atoms with Gasteiger partial charge in [0.25, 0.3) is 5.91 Å². The van der Waals surface area contributed by atoms with E-state index in [2.05, 4.69) is 15.0 Å². The lowest BCUT2D eigenvalue weighted by molar-refractivity contribution is 0.0380. The fourth-order valence-electron chi connectivity index (χ4n) is 5.79. The second-order valence-corrected chi connectivity index (χ2v) is 9.76. The molecule has 2 fully saturated rings. The number of aromatic nitrogens is 3. The maximum atomic E-state index is 14.2. The lowest BCUT2D eigenvalue weighted by Gasteiger charge is -2.38. The first kappa shape index (κ1) is 21.8. The number of amides is 1. The van der Waals surface area contributed by atoms with Crippen LogP contribution in [-0.2, 0) is 13.1 Å². The van der Waals surface area contributed by atoms with Crippen LogP contribution in [0.15, 0.2) is 30.6 Å². The number of carbonyl (C=O) groups is 1. The first-order chi connectivity index (χ1) is 16.5. The number of piperidine rings is 1. The summed E-state index contributed by atoms with van der Waals surface area (Å²) in [5.74, 6) is -0.370. The van der Waals surface area contributed by atoms with Crippen LogP contribution in [0.25, 0.3) is 5.65 Å². The summed E-state index contributed by atoms with van der Waals surface area (Å²) in [4.78, 5) is 21.9. The van der Waals surface area contributed by atoms with E-state index < -0.39 is 5.82 Å². The van der Waals surface area contributed by atoms with E-state index in [1.807, 2.05) is 0 Å². The van der Waals surface area contributed by atoms with Gasteiger partial charge >= 0.3 is 0 Å². The average molecular weight is 486 g/mol. The van der Waals surface area contributed by atoms with E-state index in [-0.39, 0.29) is 24.4 Å². The van der Waals surface area contributed by atoms with Crippen molar-refractivity contribution in [3.63, 3.8) is 0 Å². The van der Waals surface area contributed by atoms with Crippen molar-refractivity contribution in [2.45, 2.75) is 57.0 Å². The summed E-state index contributed by atoms with van der Waals surface area (Å²) in [7, 11) is 0. The summed E-state index contributed by atoms with van der Waals surface area (Å²) in [6, 6.07) is 4.82. The van der Waals surface area contributed by atoms with Gasteiger partial charge in [-0.25, -0.2) is 13.9 Å². The molecule has 34 heavy (non-hydrogen) atoms. The summed E-state index contributed by atoms with van der Waals surface area (Å²) in [5, 5.41) is 14.4. The molecule has 0 saturated carbocycles. The predicted octanol–water partition coefficient (Wildman–Crippen LogP) is 3.04. The fraction of sp³-hybridized carbons (Fsp3) is 0.458. The number of hydrogen-bond acceptors (Lipinski definition) is 6. The Balaban J connectivity index is 1.21. The zero-order chi connectivity index (χ0) is 23.4. The molecule has 0 radical (unpaired) electrons. The van der Waals surface area contributed by atoms with E-state index >= 15 is 0 Å². The minimum atomic E-state index is -0.435. The van der Waals surface area contributed by atoms with Gasteiger partial charge in [-0.3, -0.25) is 9.69 Å². The second kappa shape index (κ2) is 8.48. The number of aliphatic hydroxyl groups excluding tert-OH is 1. The molecule has 178 valence electrons. The molecule has 1 aromatic carbocycles. The molecule has 5 heterocycles. The van der Waals surface area contributed by atoms with Crippen molar-refractivity contribution in [3.8, 4) is 5.75 Å². The number of aliphatic hydroxyl groups is 1. The maximum Gasteiger partial charge on any atom is 0.258 e. The molecule has 0 aliphatic carbocycles. The van der Waals surface area contributed by atoms with Crippen LogP contribution in [0.5, 0.6) is 5.75 Å². The Morgan fingerprint density at radius 3 is 2.79 bits per heavy atom. The van der Waals surface area contributed by atoms with Crippen LogP contribution in [0.3, 0.4) is 0 Å². The lowest BCUT2D eigenvalue weighted by Crippen LogP contribution is -2.47. The Hall–Kier alpha value is -2.75. The lowest BCUT2D eigenvalue weighted by atomic mass is 9.99. The quantitative estimate of drug-likeness (QED) is 0.598. The summed E-state index contributed by atoms with van der Waals surface area (Å²) < 4.78 is 22.1. The van der Waals surface area contributed by atoms with Crippen molar-refractivity contribution < 1.29 is 19.0 Å². The third-order valence-corrected chi connectivity index (χ3v) is 7.46. The molecule has 2 bridgehead atoms. The van der Waals surface area contributed by atoms with E-state index in [0.29, 0.717) is 48.0 Å². The highest BCUT2D eigenvalue weighted by Gasteiger charge is 2.41. The third-order valence-electron chi connectivity index (χ3n) is 7.26. The number of hydrogen-bond donors (Lipinski definition) is 1. The zero-order valence-electron chi connectivity index (χ0n) is 18.5. The molecule has 1 N–H and O–H groups in total. The molecule has 10 heteroatoms. The van der Waals surface area contributed by atoms with E-state index in [9.17, 15) is 14.3 Å². The van der Waals surface area contributed by atoms with Gasteiger partial charge < -0.3 is 14.7 Å². The summed E-state index contributed by atoms with van der Waals surface area (Å²) in [6.45, 7) is 1.53. The average Bonchev–Trinajstić information content (AvgIpc) is 3.42. The van der Waals surface area contributed by atoms with Gasteiger partial charge in [0.05, 0.1) is 42.2 Å². The van der Waals surface area contributed by atoms with E-state index in [1.54, 1.807) is 21.8 Å². The van der Waals surface area contributed by atoms with Crippen molar-refractivity contribution in [3.05, 3.63) is 58.3 Å². The highest BCUT2D eigenvalue weighted by molar-refractivity contribution is 6.30. The van der Waals surface area contributed by atoms with E-state index in [4.69, 9.17) is 16.3 Å². The first-order valence-corrected chi connectivity index (χ1v) is 12.0. The molecule has 1 amide bonds. The molecule has 3 atom stereocenters. The number of nitrogens with zero attached hydrogens (tertiary/aromatic N) is 5. The summed E-state index contributed by atoms with van der Waals surface area (Å²) >= 11 is 6.01. The number of carbonyl (C=O) groups excluding carboxylic acids is 1. The van der Waals surface area contributed by atoms with Gasteiger partial charge in [0.15, 0.2) is 5.65 Å². The molecule has 8 nitrogen and oxygen atoms in total. The standard InChI is InChI=1S/C24H25ClFN5O3/c25-14-10-27-23-20-12-29(13-21(20)28-31(23)11-14)24(33)19-4-1-15(26)7-22(19)34-18-8-16-2-3-17(9-18)30(16)5-6-32/h1,4,7,10-11,16-18,32H,2-3,5-6,8-9,12-13H2/t16-,17+,18+. The Bertz CT molecular complexity index is 1250. The van der Waals surface area contributed by atoms with Crippen molar-refractivity contribution in [2.24, 2.45) is 0 Å². The van der Waals surface area contributed by atoms with Gasteiger partial charge in [-0.1, -0.05) is 11.6 Å². The topological polar surface area (TPSA) is 83.2 Å². The monoisotopic (exact) mass is 485 g/mol. The van der Waals surface area contributed by atoms with Gasteiger partial charge in [0.2, 0.25) is 0 Å². The largest absolute Gasteiger partial charge is 0.489 e. The van der Waals surface area contributed by atoms with Crippen LogP contribution in [0, 0.1) is 5.82 Å². The third kappa shape index (κ3) is 3.72. The van der Waals surface area contributed by atoms with E-state index in [1.165, 1.54) is 18.2 Å². The Morgan fingerprint density at radius 2 is 2.03 bits per heavy atom. The molecule has 3 aliphatic heterocycles. The van der Waals surface area contributed by atoms with Crippen molar-refractivity contribution in [2.75, 3.05) is 13.2 Å².